The maximum atomic E-state index is 13.6. The smallest absolute Gasteiger partial charge is 0.309 e. The Labute approximate surface area is 497 Å². The summed E-state index contributed by atoms with van der Waals surface area (Å²) in [6, 6.07) is 31.3. The van der Waals surface area contributed by atoms with Gasteiger partial charge in [0.2, 0.25) is 35.4 Å². The second kappa shape index (κ2) is 34.8. The van der Waals surface area contributed by atoms with Gasteiger partial charge in [0.05, 0.1) is 50.0 Å². The van der Waals surface area contributed by atoms with Crippen LogP contribution in [0.25, 0.3) is 0 Å². The van der Waals surface area contributed by atoms with Gasteiger partial charge in [-0.05, 0) is 65.8 Å². The lowest BCUT2D eigenvalue weighted by Crippen LogP contribution is -2.57. The van der Waals surface area contributed by atoms with Gasteiger partial charge < -0.3 is 51.6 Å². The number of esters is 2. The van der Waals surface area contributed by atoms with Crippen molar-refractivity contribution < 1.29 is 58.0 Å². The number of nitrogens with one attached hydrogen (secondary N) is 6. The van der Waals surface area contributed by atoms with Crippen LogP contribution in [-0.4, -0.2) is 141 Å². The van der Waals surface area contributed by atoms with Crippen molar-refractivity contribution in [2.24, 2.45) is 0 Å². The summed E-state index contributed by atoms with van der Waals surface area (Å²) in [5.41, 5.74) is 3.34. The van der Waals surface area contributed by atoms with Crippen molar-refractivity contribution in [2.75, 3.05) is 23.0 Å². The van der Waals surface area contributed by atoms with Gasteiger partial charge in [-0.25, -0.2) is 0 Å². The minimum Gasteiger partial charge on any atom is -0.457 e. The fourth-order valence-corrected chi connectivity index (χ4v) is 11.6. The standard InChI is InChI=1S/C30H35N3O6S2.C30H37N3O6S2/c34-26-18-28(36)39-22-13-7-8-14-40-41-19-25(30(38)32-23(26)15-20-9-3-1-4-10-20)33-29(37)24(31-27(35)17-22)16-21-11-5-2-6-12-21;34-26-18-28(36)39-22(13-7-8-14-40)17-27(35)31-24(16-21-11-5-2-6-12-21)29(37)33-25(19-41)30(38)32-23(26)15-20-9-3-1-4-10-20/h1-7,9-13,22-26,34H,8,14-19H2,(H,31,35)(H,32,38)(H,33,37);1-7,9-13,22-26,34,40-41H,8,14-19H2,(H,31,35)(H,32,38)(H,33,37)/b2*13-7+/t2*22-,23-,24-,25-,26+/m11/s1. The maximum Gasteiger partial charge on any atom is 0.309 e. The summed E-state index contributed by atoms with van der Waals surface area (Å²) in [6.45, 7) is 0. The average Bonchev–Trinajstić information content (AvgIpc) is 3.47. The lowest BCUT2D eigenvalue weighted by molar-refractivity contribution is -0.152. The van der Waals surface area contributed by atoms with Crippen LogP contribution in [0, 0.1) is 0 Å². The lowest BCUT2D eigenvalue weighted by atomic mass is 9.98. The first-order chi connectivity index (χ1) is 39.7. The van der Waals surface area contributed by atoms with Crippen molar-refractivity contribution in [1.82, 2.24) is 31.9 Å². The average molecular weight is 1200 g/mol. The minimum absolute atomic E-state index is 0.0300. The molecule has 0 aromatic heterocycles. The van der Waals surface area contributed by atoms with Crippen molar-refractivity contribution in [1.29, 1.82) is 0 Å². The van der Waals surface area contributed by atoms with Crippen LogP contribution in [0.2, 0.25) is 0 Å². The number of cyclic esters (lactones) is 1. The third kappa shape index (κ3) is 22.6. The monoisotopic (exact) mass is 1200 g/mol. The fourth-order valence-electron chi connectivity index (χ4n) is 9.00. The number of hydrogen-bond acceptors (Lipinski definition) is 16. The maximum absolute atomic E-state index is 13.6. The van der Waals surface area contributed by atoms with E-state index >= 15 is 0 Å². The predicted octanol–water partition coefficient (Wildman–Crippen LogP) is 4.13. The van der Waals surface area contributed by atoms with Crippen molar-refractivity contribution in [3.8, 4) is 0 Å². The third-order valence-corrected chi connectivity index (χ3v) is 16.3. The van der Waals surface area contributed by atoms with Crippen LogP contribution in [0.3, 0.4) is 0 Å². The summed E-state index contributed by atoms with van der Waals surface area (Å²) in [5, 5.41) is 38.8. The number of aliphatic hydroxyl groups is 2. The Morgan fingerprint density at radius 1 is 0.512 bits per heavy atom. The number of carbonyl (C=O) groups excluding carboxylic acids is 8. The molecular formula is C60H72N6O12S4. The molecule has 10 atom stereocenters. The number of fused-ring (bicyclic) bond motifs is 7. The van der Waals surface area contributed by atoms with Crippen LogP contribution in [0.5, 0.6) is 0 Å². The molecule has 6 amide bonds. The van der Waals surface area contributed by atoms with Gasteiger partial charge in [0.25, 0.3) is 0 Å². The first-order valence-corrected chi connectivity index (χ1v) is 30.9. The van der Waals surface area contributed by atoms with E-state index in [1.165, 1.54) is 10.8 Å². The molecule has 4 aromatic carbocycles. The van der Waals surface area contributed by atoms with Crippen LogP contribution >= 0.6 is 46.8 Å². The molecular weight excluding hydrogens is 1120 g/mol. The van der Waals surface area contributed by atoms with Gasteiger partial charge in [-0.2, -0.15) is 25.3 Å². The van der Waals surface area contributed by atoms with E-state index in [0.717, 1.165) is 28.0 Å². The predicted molar refractivity (Wildman–Crippen MR) is 323 cm³/mol. The number of thiol groups is 2. The Balaban J connectivity index is 0.000000264. The Hall–Kier alpha value is -6.56. The highest BCUT2D eigenvalue weighted by Gasteiger charge is 2.35. The Morgan fingerprint density at radius 3 is 1.49 bits per heavy atom. The summed E-state index contributed by atoms with van der Waals surface area (Å²) in [6.07, 6.45) is 3.48. The molecule has 0 spiro atoms. The van der Waals surface area contributed by atoms with Crippen LogP contribution in [0.4, 0.5) is 0 Å². The molecule has 22 heteroatoms. The highest BCUT2D eigenvalue weighted by Crippen LogP contribution is 2.24. The Kier molecular flexibility index (Phi) is 27.4. The van der Waals surface area contributed by atoms with Crippen molar-refractivity contribution in [3.05, 3.63) is 168 Å². The van der Waals surface area contributed by atoms with Crippen molar-refractivity contribution >= 4 is 94.2 Å². The van der Waals surface area contributed by atoms with Gasteiger partial charge in [-0.1, -0.05) is 155 Å². The molecule has 0 unspecified atom stereocenters. The largest absolute Gasteiger partial charge is 0.457 e. The number of ether oxygens (including phenoxy) is 2. The zero-order valence-corrected chi connectivity index (χ0v) is 48.6. The van der Waals surface area contributed by atoms with Crippen LogP contribution in [0.15, 0.2) is 146 Å². The molecule has 3 aliphatic rings. The molecule has 8 N–H and O–H groups in total. The molecule has 0 aliphatic carbocycles. The second-order valence-corrected chi connectivity index (χ2v) is 23.2. The summed E-state index contributed by atoms with van der Waals surface area (Å²) in [4.78, 5) is 106. The normalized spacial score (nSPS) is 26.2. The molecule has 0 radical (unpaired) electrons. The summed E-state index contributed by atoms with van der Waals surface area (Å²) in [5.74, 6) is -2.99. The topological polar surface area (TPSA) is 268 Å². The first kappa shape index (κ1) is 64.6. The summed E-state index contributed by atoms with van der Waals surface area (Å²) in [7, 11) is 3.02. The van der Waals surface area contributed by atoms with Crippen LogP contribution < -0.4 is 31.9 Å². The van der Waals surface area contributed by atoms with E-state index in [1.807, 2.05) is 127 Å². The van der Waals surface area contributed by atoms with E-state index in [0.29, 0.717) is 18.6 Å². The number of allylic oxidation sites excluding steroid dienone is 2. The number of aliphatic hydroxyl groups excluding tert-OH is 2. The van der Waals surface area contributed by atoms with Crippen molar-refractivity contribution in [3.63, 3.8) is 0 Å². The molecule has 2 saturated heterocycles. The summed E-state index contributed by atoms with van der Waals surface area (Å²) < 4.78 is 11.2. The van der Waals surface area contributed by atoms with E-state index in [1.54, 1.807) is 29.0 Å². The zero-order chi connectivity index (χ0) is 58.6. The van der Waals surface area contributed by atoms with Gasteiger partial charge in [0, 0.05) is 30.1 Å². The van der Waals surface area contributed by atoms with Gasteiger partial charge in [-0.3, -0.25) is 38.4 Å². The molecule has 2 fully saturated rings. The number of amides is 6. The number of carbonyl (C=O) groups is 8. The Bertz CT molecular complexity index is 2770. The van der Waals surface area contributed by atoms with Crippen LogP contribution in [-0.2, 0) is 73.5 Å². The van der Waals surface area contributed by atoms with E-state index < -0.39 is 114 Å². The third-order valence-electron chi connectivity index (χ3n) is 13.3. The van der Waals surface area contributed by atoms with Gasteiger partial charge >= 0.3 is 11.9 Å². The summed E-state index contributed by atoms with van der Waals surface area (Å²) >= 11 is 8.44. The minimum atomic E-state index is -1.30. The number of hydrogen-bond donors (Lipinski definition) is 10. The molecule has 3 heterocycles. The molecule has 2 bridgehead atoms. The molecule has 18 nitrogen and oxygen atoms in total. The molecule has 82 heavy (non-hydrogen) atoms. The van der Waals surface area contributed by atoms with Gasteiger partial charge in [-0.15, -0.1) is 0 Å². The molecule has 7 rings (SSSR count). The number of benzene rings is 4. The number of rotatable bonds is 12. The van der Waals surface area contributed by atoms with E-state index in [2.05, 4.69) is 57.2 Å². The zero-order valence-electron chi connectivity index (χ0n) is 45.2. The fraction of sp³-hybridized carbons (Fsp3) is 0.400. The SMILES string of the molecule is O=C1C[C@@H](/C=C/CCS)OC(=O)C[C@H](O)[C@@H](Cc2ccccc2)NC(=O)[C@@H](CS)NC(=O)[C@@H](Cc2ccccc2)N1.O=C1C[C@H]2/C=C/CCSSC[C@@H](NC(=O)[C@@H](Cc3ccccc3)N1)C(=O)N[C@H](Cc1ccccc1)[C@@H](O)CC(=O)O2. The highest BCUT2D eigenvalue weighted by molar-refractivity contribution is 8.76. The van der Waals surface area contributed by atoms with Gasteiger partial charge in [0.15, 0.2) is 0 Å². The molecule has 3 aliphatic heterocycles. The molecule has 0 saturated carbocycles. The van der Waals surface area contributed by atoms with Crippen molar-refractivity contribution in [2.45, 2.75) is 125 Å². The van der Waals surface area contributed by atoms with E-state index in [4.69, 9.17) is 9.47 Å². The Morgan fingerprint density at radius 2 is 0.976 bits per heavy atom. The second-order valence-electron chi connectivity index (χ2n) is 19.8. The quantitative estimate of drug-likeness (QED) is 0.0414. The van der Waals surface area contributed by atoms with Gasteiger partial charge in [0.1, 0.15) is 36.4 Å². The molecule has 438 valence electrons. The first-order valence-electron chi connectivity index (χ1n) is 27.2. The van der Waals surface area contributed by atoms with Crippen LogP contribution in [0.1, 0.15) is 60.8 Å². The van der Waals surface area contributed by atoms with E-state index in [9.17, 15) is 48.6 Å². The highest BCUT2D eigenvalue weighted by atomic mass is 33.1. The molecule has 4 aromatic rings. The van der Waals surface area contributed by atoms with E-state index in [-0.39, 0.29) is 56.5 Å². The lowest BCUT2D eigenvalue weighted by Gasteiger charge is -2.27.